The molecule has 0 atom stereocenters. The maximum absolute atomic E-state index is 13.2. The summed E-state index contributed by atoms with van der Waals surface area (Å²) in [4.78, 5) is 13.2. The molecule has 0 spiro atoms. The zero-order chi connectivity index (χ0) is 16.5. The highest BCUT2D eigenvalue weighted by molar-refractivity contribution is 9.10. The highest BCUT2D eigenvalue weighted by Gasteiger charge is 2.20. The molecule has 0 fully saturated rings. The molecule has 2 aromatic heterocycles. The SMILES string of the molecule is O=C(c1cccc(Br)c1)c1c(-c2ccccc2)cc2ccccn12. The van der Waals surface area contributed by atoms with E-state index in [1.165, 1.54) is 0 Å². The molecule has 0 bridgehead atoms. The first kappa shape index (κ1) is 14.9. The van der Waals surface area contributed by atoms with Gasteiger partial charge in [-0.3, -0.25) is 4.79 Å². The second kappa shape index (κ2) is 6.10. The number of halogens is 1. The molecule has 0 radical (unpaired) electrons. The van der Waals surface area contributed by atoms with Crippen LogP contribution in [0.3, 0.4) is 0 Å². The summed E-state index contributed by atoms with van der Waals surface area (Å²) in [5.74, 6) is 0.0151. The minimum absolute atomic E-state index is 0.0151. The number of hydrogen-bond donors (Lipinski definition) is 0. The van der Waals surface area contributed by atoms with Crippen molar-refractivity contribution in [3.63, 3.8) is 0 Å². The average Bonchev–Trinajstić information content (AvgIpc) is 3.01. The quantitative estimate of drug-likeness (QED) is 0.427. The molecule has 0 saturated heterocycles. The lowest BCUT2D eigenvalue weighted by atomic mass is 10.0. The van der Waals surface area contributed by atoms with Gasteiger partial charge in [-0.05, 0) is 35.9 Å². The van der Waals surface area contributed by atoms with E-state index in [0.717, 1.165) is 21.1 Å². The summed E-state index contributed by atoms with van der Waals surface area (Å²) in [5, 5.41) is 0. The van der Waals surface area contributed by atoms with Crippen molar-refractivity contribution in [3.8, 4) is 11.1 Å². The normalized spacial score (nSPS) is 10.9. The molecule has 0 unspecified atom stereocenters. The van der Waals surface area contributed by atoms with Crippen molar-refractivity contribution in [2.24, 2.45) is 0 Å². The maximum atomic E-state index is 13.2. The third-order valence-electron chi connectivity index (χ3n) is 4.07. The van der Waals surface area contributed by atoms with Gasteiger partial charge in [-0.2, -0.15) is 0 Å². The van der Waals surface area contributed by atoms with Crippen molar-refractivity contribution in [3.05, 3.63) is 101 Å². The summed E-state index contributed by atoms with van der Waals surface area (Å²) < 4.78 is 2.86. The van der Waals surface area contributed by atoms with E-state index in [2.05, 4.69) is 22.0 Å². The van der Waals surface area contributed by atoms with Crippen molar-refractivity contribution in [2.45, 2.75) is 0 Å². The molecule has 4 rings (SSSR count). The first-order valence-corrected chi connectivity index (χ1v) is 8.49. The molecular formula is C21H14BrNO. The van der Waals surface area contributed by atoms with Gasteiger partial charge < -0.3 is 4.40 Å². The smallest absolute Gasteiger partial charge is 0.210 e. The lowest BCUT2D eigenvalue weighted by Gasteiger charge is -2.07. The Labute approximate surface area is 148 Å². The van der Waals surface area contributed by atoms with E-state index in [1.54, 1.807) is 0 Å². The van der Waals surface area contributed by atoms with E-state index in [4.69, 9.17) is 0 Å². The molecule has 2 aromatic carbocycles. The van der Waals surface area contributed by atoms with Crippen LogP contribution in [-0.2, 0) is 0 Å². The Balaban J connectivity index is 1.98. The molecule has 4 aromatic rings. The molecule has 0 saturated carbocycles. The number of carbonyl (C=O) groups excluding carboxylic acids is 1. The van der Waals surface area contributed by atoms with Crippen LogP contribution in [0.15, 0.2) is 89.5 Å². The van der Waals surface area contributed by atoms with Gasteiger partial charge in [-0.15, -0.1) is 0 Å². The number of fused-ring (bicyclic) bond motifs is 1. The number of hydrogen-bond acceptors (Lipinski definition) is 1. The molecule has 0 amide bonds. The molecule has 0 aliphatic carbocycles. The number of nitrogens with zero attached hydrogens (tertiary/aromatic N) is 1. The Morgan fingerprint density at radius 3 is 2.42 bits per heavy atom. The molecule has 0 aliphatic rings. The van der Waals surface area contributed by atoms with Gasteiger partial charge in [-0.1, -0.05) is 64.5 Å². The van der Waals surface area contributed by atoms with Gasteiger partial charge in [0.15, 0.2) is 0 Å². The minimum Gasteiger partial charge on any atom is -0.313 e. The van der Waals surface area contributed by atoms with Gasteiger partial charge in [0.1, 0.15) is 5.69 Å². The summed E-state index contributed by atoms with van der Waals surface area (Å²) in [6.07, 6.45) is 1.94. The Morgan fingerprint density at radius 2 is 1.62 bits per heavy atom. The molecule has 0 N–H and O–H groups in total. The van der Waals surface area contributed by atoms with Crippen molar-refractivity contribution in [1.29, 1.82) is 0 Å². The zero-order valence-corrected chi connectivity index (χ0v) is 14.4. The standard InChI is InChI=1S/C21H14BrNO/c22-17-10-6-9-16(13-17)21(24)20-19(15-7-2-1-3-8-15)14-18-11-4-5-12-23(18)20/h1-14H. The van der Waals surface area contributed by atoms with Crippen LogP contribution < -0.4 is 0 Å². The highest BCUT2D eigenvalue weighted by Crippen LogP contribution is 2.30. The van der Waals surface area contributed by atoms with Crippen LogP contribution in [-0.4, -0.2) is 10.2 Å². The molecule has 3 heteroatoms. The first-order valence-electron chi connectivity index (χ1n) is 7.70. The van der Waals surface area contributed by atoms with E-state index in [-0.39, 0.29) is 5.78 Å². The predicted octanol–water partition coefficient (Wildman–Crippen LogP) is 5.60. The van der Waals surface area contributed by atoms with Crippen LogP contribution in [0.25, 0.3) is 16.6 Å². The van der Waals surface area contributed by atoms with Crippen LogP contribution in [0.4, 0.5) is 0 Å². The van der Waals surface area contributed by atoms with Crippen molar-refractivity contribution >= 4 is 27.2 Å². The highest BCUT2D eigenvalue weighted by atomic mass is 79.9. The molecule has 2 heterocycles. The Hall–Kier alpha value is -2.65. The Kier molecular flexibility index (Phi) is 3.79. The Morgan fingerprint density at radius 1 is 0.833 bits per heavy atom. The first-order chi connectivity index (χ1) is 11.7. The van der Waals surface area contributed by atoms with Gasteiger partial charge in [-0.25, -0.2) is 0 Å². The van der Waals surface area contributed by atoms with Crippen molar-refractivity contribution < 1.29 is 4.79 Å². The number of rotatable bonds is 3. The maximum Gasteiger partial charge on any atom is 0.210 e. The molecular weight excluding hydrogens is 362 g/mol. The molecule has 116 valence electrons. The number of benzene rings is 2. The molecule has 24 heavy (non-hydrogen) atoms. The number of carbonyl (C=O) groups is 1. The second-order valence-electron chi connectivity index (χ2n) is 5.61. The number of pyridine rings is 1. The van der Waals surface area contributed by atoms with Gasteiger partial charge in [0.2, 0.25) is 5.78 Å². The number of ketones is 1. The van der Waals surface area contributed by atoms with E-state index in [9.17, 15) is 4.79 Å². The average molecular weight is 376 g/mol. The largest absolute Gasteiger partial charge is 0.313 e. The van der Waals surface area contributed by atoms with Gasteiger partial charge in [0, 0.05) is 27.3 Å². The third kappa shape index (κ3) is 2.57. The van der Waals surface area contributed by atoms with Gasteiger partial charge >= 0.3 is 0 Å². The van der Waals surface area contributed by atoms with Crippen LogP contribution in [0.2, 0.25) is 0 Å². The van der Waals surface area contributed by atoms with Gasteiger partial charge in [0.25, 0.3) is 0 Å². The molecule has 2 nitrogen and oxygen atoms in total. The topological polar surface area (TPSA) is 21.5 Å². The van der Waals surface area contributed by atoms with Gasteiger partial charge in [0.05, 0.1) is 0 Å². The monoisotopic (exact) mass is 375 g/mol. The summed E-state index contributed by atoms with van der Waals surface area (Å²) in [5.41, 5.74) is 4.36. The molecule has 0 aliphatic heterocycles. The fourth-order valence-electron chi connectivity index (χ4n) is 2.96. The van der Waals surface area contributed by atoms with Crippen LogP contribution in [0.1, 0.15) is 16.1 Å². The van der Waals surface area contributed by atoms with Crippen LogP contribution >= 0.6 is 15.9 Å². The van der Waals surface area contributed by atoms with E-state index in [0.29, 0.717) is 11.3 Å². The zero-order valence-electron chi connectivity index (χ0n) is 12.8. The van der Waals surface area contributed by atoms with Crippen LogP contribution in [0.5, 0.6) is 0 Å². The fourth-order valence-corrected chi connectivity index (χ4v) is 3.36. The van der Waals surface area contributed by atoms with E-state index >= 15 is 0 Å². The van der Waals surface area contributed by atoms with Crippen molar-refractivity contribution in [2.75, 3.05) is 0 Å². The van der Waals surface area contributed by atoms with E-state index < -0.39 is 0 Å². The summed E-state index contributed by atoms with van der Waals surface area (Å²) in [6.45, 7) is 0. The lowest BCUT2D eigenvalue weighted by Crippen LogP contribution is -2.06. The lowest BCUT2D eigenvalue weighted by molar-refractivity contribution is 0.103. The third-order valence-corrected chi connectivity index (χ3v) is 4.56. The Bertz CT molecular complexity index is 1030. The van der Waals surface area contributed by atoms with E-state index in [1.807, 2.05) is 83.4 Å². The summed E-state index contributed by atoms with van der Waals surface area (Å²) >= 11 is 3.45. The van der Waals surface area contributed by atoms with Crippen LogP contribution in [0, 0.1) is 0 Å². The van der Waals surface area contributed by atoms with Crippen molar-refractivity contribution in [1.82, 2.24) is 4.40 Å². The summed E-state index contributed by atoms with van der Waals surface area (Å²) in [7, 11) is 0. The number of aromatic nitrogens is 1. The predicted molar refractivity (Wildman–Crippen MR) is 100 cm³/mol. The summed E-state index contributed by atoms with van der Waals surface area (Å²) in [6, 6.07) is 25.6. The minimum atomic E-state index is 0.0151. The fraction of sp³-hybridized carbons (Fsp3) is 0. The second-order valence-corrected chi connectivity index (χ2v) is 6.52.